The summed E-state index contributed by atoms with van der Waals surface area (Å²) >= 11 is 5.58. The van der Waals surface area contributed by atoms with Crippen molar-refractivity contribution in [3.8, 4) is 0 Å². The van der Waals surface area contributed by atoms with Crippen molar-refractivity contribution < 1.29 is 8.78 Å². The Morgan fingerprint density at radius 1 is 1.08 bits per heavy atom. The number of fused-ring (bicyclic) bond motifs is 1. The fraction of sp³-hybridized carbons (Fsp3) is 0. The zero-order chi connectivity index (χ0) is 9.42. The third-order valence-electron chi connectivity index (χ3n) is 1.64. The van der Waals surface area contributed by atoms with Gasteiger partial charge in [0.1, 0.15) is 28.6 Å². The van der Waals surface area contributed by atoms with Crippen molar-refractivity contribution in [2.75, 3.05) is 0 Å². The van der Waals surface area contributed by atoms with Crippen LogP contribution in [0.4, 0.5) is 8.78 Å². The van der Waals surface area contributed by atoms with Gasteiger partial charge in [0.15, 0.2) is 0 Å². The van der Waals surface area contributed by atoms with Crippen LogP contribution in [0.2, 0.25) is 5.15 Å². The van der Waals surface area contributed by atoms with E-state index >= 15 is 0 Å². The summed E-state index contributed by atoms with van der Waals surface area (Å²) in [5, 5.41) is -0.161. The fourth-order valence-corrected chi connectivity index (χ4v) is 1.29. The van der Waals surface area contributed by atoms with Gasteiger partial charge in [0.25, 0.3) is 0 Å². The second kappa shape index (κ2) is 2.88. The van der Waals surface area contributed by atoms with Crippen molar-refractivity contribution in [3.05, 3.63) is 35.2 Å². The molecular formula is C8H3ClF2N2. The molecule has 0 spiro atoms. The van der Waals surface area contributed by atoms with Crippen LogP contribution in [0.25, 0.3) is 10.9 Å². The molecule has 0 aliphatic carbocycles. The molecule has 1 heterocycles. The lowest BCUT2D eigenvalue weighted by Gasteiger charge is -2.00. The number of aromatic nitrogens is 2. The minimum absolute atomic E-state index is 0.0795. The summed E-state index contributed by atoms with van der Waals surface area (Å²) in [6.07, 6.45) is 1.09. The minimum atomic E-state index is -0.623. The van der Waals surface area contributed by atoms with Gasteiger partial charge in [-0.15, -0.1) is 0 Å². The molecule has 0 saturated heterocycles. The lowest BCUT2D eigenvalue weighted by molar-refractivity contribution is 0.614. The highest BCUT2D eigenvalue weighted by molar-refractivity contribution is 6.34. The van der Waals surface area contributed by atoms with E-state index in [1.165, 1.54) is 0 Å². The Hall–Kier alpha value is -1.29. The van der Waals surface area contributed by atoms with E-state index < -0.39 is 11.6 Å². The Balaban J connectivity index is 3.00. The predicted octanol–water partition coefficient (Wildman–Crippen LogP) is 2.56. The molecule has 13 heavy (non-hydrogen) atoms. The summed E-state index contributed by atoms with van der Waals surface area (Å²) in [6, 6.07) is 1.99. The van der Waals surface area contributed by atoms with Crippen LogP contribution in [0.3, 0.4) is 0 Å². The van der Waals surface area contributed by atoms with Crippen LogP contribution in [-0.2, 0) is 0 Å². The Morgan fingerprint density at radius 2 is 1.77 bits per heavy atom. The quantitative estimate of drug-likeness (QED) is 0.611. The molecule has 0 aliphatic rings. The summed E-state index contributed by atoms with van der Waals surface area (Å²) in [4.78, 5) is 7.15. The molecule has 0 N–H and O–H groups in total. The van der Waals surface area contributed by atoms with E-state index in [9.17, 15) is 8.78 Å². The summed E-state index contributed by atoms with van der Waals surface area (Å²) in [6.45, 7) is 0. The van der Waals surface area contributed by atoms with Gasteiger partial charge in [-0.05, 0) is 12.1 Å². The molecular weight excluding hydrogens is 198 g/mol. The van der Waals surface area contributed by atoms with Crippen molar-refractivity contribution in [2.45, 2.75) is 0 Å². The highest BCUT2D eigenvalue weighted by Crippen LogP contribution is 2.23. The molecule has 0 radical (unpaired) electrons. The highest BCUT2D eigenvalue weighted by Gasteiger charge is 2.10. The molecule has 0 aliphatic heterocycles. The zero-order valence-corrected chi connectivity index (χ0v) is 7.02. The van der Waals surface area contributed by atoms with Gasteiger partial charge in [0.2, 0.25) is 0 Å². The number of nitrogens with zero attached hydrogens (tertiary/aromatic N) is 2. The van der Waals surface area contributed by atoms with Crippen LogP contribution in [0.5, 0.6) is 0 Å². The van der Waals surface area contributed by atoms with Gasteiger partial charge >= 0.3 is 0 Å². The molecule has 0 fully saturated rings. The van der Waals surface area contributed by atoms with Crippen molar-refractivity contribution in [2.24, 2.45) is 0 Å². The van der Waals surface area contributed by atoms with Gasteiger partial charge in [-0.1, -0.05) is 11.6 Å². The number of rotatable bonds is 0. The first-order valence-corrected chi connectivity index (χ1v) is 3.82. The number of hydrogen-bond donors (Lipinski definition) is 0. The Bertz CT molecular complexity index is 465. The van der Waals surface area contributed by atoms with E-state index in [1.807, 2.05) is 0 Å². The highest BCUT2D eigenvalue weighted by atomic mass is 35.5. The summed E-state index contributed by atoms with van der Waals surface area (Å²) in [5.41, 5.74) is -0.0972. The number of hydrogen-bond acceptors (Lipinski definition) is 2. The van der Waals surface area contributed by atoms with Crippen molar-refractivity contribution in [1.82, 2.24) is 9.97 Å². The van der Waals surface area contributed by atoms with Gasteiger partial charge in [-0.3, -0.25) is 0 Å². The fourth-order valence-electron chi connectivity index (χ4n) is 1.07. The molecule has 0 saturated carbocycles. The van der Waals surface area contributed by atoms with Crippen LogP contribution < -0.4 is 0 Å². The maximum Gasteiger partial charge on any atom is 0.149 e. The van der Waals surface area contributed by atoms with Crippen LogP contribution >= 0.6 is 11.6 Å². The smallest absolute Gasteiger partial charge is 0.149 e. The molecule has 1 aromatic heterocycles. The van der Waals surface area contributed by atoms with E-state index in [2.05, 4.69) is 9.97 Å². The molecule has 66 valence electrons. The number of benzene rings is 1. The number of halogens is 3. The largest absolute Gasteiger partial charge is 0.233 e. The van der Waals surface area contributed by atoms with E-state index in [0.717, 1.165) is 18.5 Å². The van der Waals surface area contributed by atoms with Crippen molar-refractivity contribution >= 4 is 22.5 Å². The summed E-state index contributed by atoms with van der Waals surface area (Å²) in [7, 11) is 0. The summed E-state index contributed by atoms with van der Waals surface area (Å²) < 4.78 is 26.1. The lowest BCUT2D eigenvalue weighted by atomic mass is 10.2. The molecule has 0 bridgehead atoms. The SMILES string of the molecule is Fc1ccc(F)c2c(Cl)ncnc12. The first kappa shape index (κ1) is 8.31. The van der Waals surface area contributed by atoms with E-state index in [4.69, 9.17) is 11.6 Å². The molecule has 2 rings (SSSR count). The van der Waals surface area contributed by atoms with Crippen LogP contribution in [0.15, 0.2) is 18.5 Å². The lowest BCUT2D eigenvalue weighted by Crippen LogP contribution is -1.90. The first-order valence-electron chi connectivity index (χ1n) is 3.44. The third-order valence-corrected chi connectivity index (χ3v) is 1.93. The van der Waals surface area contributed by atoms with Crippen LogP contribution in [0, 0.1) is 11.6 Å². The maximum absolute atomic E-state index is 13.1. The molecule has 2 nitrogen and oxygen atoms in total. The Kier molecular flexibility index (Phi) is 1.84. The van der Waals surface area contributed by atoms with E-state index in [0.29, 0.717) is 0 Å². The zero-order valence-electron chi connectivity index (χ0n) is 6.26. The Morgan fingerprint density at radius 3 is 2.46 bits per heavy atom. The summed E-state index contributed by atoms with van der Waals surface area (Å²) in [5.74, 6) is -1.23. The molecule has 2 aromatic rings. The van der Waals surface area contributed by atoms with Gasteiger partial charge in [-0.25, -0.2) is 18.7 Å². The second-order valence-electron chi connectivity index (χ2n) is 2.42. The third kappa shape index (κ3) is 1.23. The van der Waals surface area contributed by atoms with Crippen molar-refractivity contribution in [3.63, 3.8) is 0 Å². The van der Waals surface area contributed by atoms with Gasteiger partial charge < -0.3 is 0 Å². The molecule has 0 atom stereocenters. The molecule has 5 heteroatoms. The van der Waals surface area contributed by atoms with Crippen molar-refractivity contribution in [1.29, 1.82) is 0 Å². The first-order chi connectivity index (χ1) is 6.20. The van der Waals surface area contributed by atoms with E-state index in [-0.39, 0.29) is 16.1 Å². The van der Waals surface area contributed by atoms with Gasteiger partial charge in [0.05, 0.1) is 5.39 Å². The topological polar surface area (TPSA) is 25.8 Å². The Labute approximate surface area is 77.2 Å². The predicted molar refractivity (Wildman–Crippen MR) is 44.5 cm³/mol. The van der Waals surface area contributed by atoms with Crippen LogP contribution in [-0.4, -0.2) is 9.97 Å². The van der Waals surface area contributed by atoms with Gasteiger partial charge in [-0.2, -0.15) is 0 Å². The van der Waals surface area contributed by atoms with E-state index in [1.54, 1.807) is 0 Å². The monoisotopic (exact) mass is 200 g/mol. The average Bonchev–Trinajstić information content (AvgIpc) is 2.12. The molecule has 1 aromatic carbocycles. The normalized spacial score (nSPS) is 10.7. The second-order valence-corrected chi connectivity index (χ2v) is 2.78. The standard InChI is InChI=1S/C8H3ClF2N2/c9-8-6-4(10)1-2-5(11)7(6)12-3-13-8/h1-3H. The van der Waals surface area contributed by atoms with Crippen LogP contribution in [0.1, 0.15) is 0 Å². The van der Waals surface area contributed by atoms with Gasteiger partial charge in [0, 0.05) is 0 Å². The molecule has 0 amide bonds. The molecule has 0 unspecified atom stereocenters. The minimum Gasteiger partial charge on any atom is -0.233 e. The maximum atomic E-state index is 13.1. The average molecular weight is 201 g/mol.